The van der Waals surface area contributed by atoms with Gasteiger partial charge < -0.3 is 15.2 Å². The zero-order valence-electron chi connectivity index (χ0n) is 11.0. The van der Waals surface area contributed by atoms with Crippen LogP contribution in [0.3, 0.4) is 0 Å². The topological polar surface area (TPSA) is 41.5 Å². The van der Waals surface area contributed by atoms with Gasteiger partial charge in [-0.15, -0.1) is 0 Å². The van der Waals surface area contributed by atoms with E-state index in [4.69, 9.17) is 9.84 Å². The van der Waals surface area contributed by atoms with Gasteiger partial charge in [0.05, 0.1) is 7.11 Å². The molecular weight excluding hydrogens is 214 g/mol. The highest BCUT2D eigenvalue weighted by Gasteiger charge is 2.05. The van der Waals surface area contributed by atoms with Crippen LogP contribution in [0, 0.1) is 13.8 Å². The molecule has 0 amide bonds. The number of hydrogen-bond donors (Lipinski definition) is 2. The van der Waals surface area contributed by atoms with E-state index in [9.17, 15) is 0 Å². The fraction of sp³-hybridized carbons (Fsp3) is 0.571. The Kier molecular flexibility index (Phi) is 6.01. The molecule has 0 aliphatic rings. The molecule has 17 heavy (non-hydrogen) atoms. The average Bonchev–Trinajstić information content (AvgIpc) is 2.34. The summed E-state index contributed by atoms with van der Waals surface area (Å²) in [6.07, 6.45) is 1.89. The van der Waals surface area contributed by atoms with Gasteiger partial charge in [0.15, 0.2) is 0 Å². The molecule has 0 fully saturated rings. The predicted octanol–water partition coefficient (Wildman–Crippen LogP) is 2.17. The summed E-state index contributed by atoms with van der Waals surface area (Å²) in [5, 5.41) is 12.1. The second-order valence-corrected chi connectivity index (χ2v) is 4.28. The normalized spacial score (nSPS) is 10.6. The summed E-state index contributed by atoms with van der Waals surface area (Å²) in [5.41, 5.74) is 3.81. The molecule has 3 heteroatoms. The van der Waals surface area contributed by atoms with Gasteiger partial charge >= 0.3 is 0 Å². The zero-order valence-corrected chi connectivity index (χ0v) is 11.0. The predicted molar refractivity (Wildman–Crippen MR) is 70.5 cm³/mol. The number of benzene rings is 1. The number of methoxy groups -OCH3 is 1. The maximum atomic E-state index is 8.68. The molecule has 0 radical (unpaired) electrons. The fourth-order valence-corrected chi connectivity index (χ4v) is 1.85. The molecule has 0 aromatic heterocycles. The standard InChI is InChI=1S/C14H23NO2/c1-11-12(2)14(17-3)7-6-13(11)10-15-8-4-5-9-16/h6-7,15-16H,4-5,8-10H2,1-3H3. The molecule has 0 aliphatic carbocycles. The van der Waals surface area contributed by atoms with Crippen LogP contribution >= 0.6 is 0 Å². The first kappa shape index (κ1) is 14.0. The Labute approximate surface area is 104 Å². The van der Waals surface area contributed by atoms with Crippen molar-refractivity contribution in [1.82, 2.24) is 5.32 Å². The van der Waals surface area contributed by atoms with Crippen molar-refractivity contribution in [3.63, 3.8) is 0 Å². The first-order chi connectivity index (χ1) is 8.20. The second-order valence-electron chi connectivity index (χ2n) is 4.28. The van der Waals surface area contributed by atoms with Gasteiger partial charge in [-0.3, -0.25) is 0 Å². The van der Waals surface area contributed by atoms with Crippen LogP contribution in [0.1, 0.15) is 29.5 Å². The van der Waals surface area contributed by atoms with Crippen LogP contribution in [0.15, 0.2) is 12.1 Å². The molecule has 0 unspecified atom stereocenters. The van der Waals surface area contributed by atoms with E-state index in [-0.39, 0.29) is 6.61 Å². The molecule has 1 rings (SSSR count). The minimum absolute atomic E-state index is 0.280. The summed E-state index contributed by atoms with van der Waals surface area (Å²) in [4.78, 5) is 0. The van der Waals surface area contributed by atoms with Crippen molar-refractivity contribution in [1.29, 1.82) is 0 Å². The van der Waals surface area contributed by atoms with Gasteiger partial charge in [-0.25, -0.2) is 0 Å². The van der Waals surface area contributed by atoms with Crippen LogP contribution in [0.25, 0.3) is 0 Å². The lowest BCUT2D eigenvalue weighted by atomic mass is 10.0. The Morgan fingerprint density at radius 1 is 1.18 bits per heavy atom. The first-order valence-electron chi connectivity index (χ1n) is 6.15. The van der Waals surface area contributed by atoms with Gasteiger partial charge in [-0.2, -0.15) is 0 Å². The highest BCUT2D eigenvalue weighted by Crippen LogP contribution is 2.23. The Hall–Kier alpha value is -1.06. The Morgan fingerprint density at radius 2 is 1.94 bits per heavy atom. The van der Waals surface area contributed by atoms with Crippen molar-refractivity contribution in [2.75, 3.05) is 20.3 Å². The number of unbranched alkanes of at least 4 members (excludes halogenated alkanes) is 1. The molecule has 1 aromatic carbocycles. The van der Waals surface area contributed by atoms with Gasteiger partial charge in [0.2, 0.25) is 0 Å². The summed E-state index contributed by atoms with van der Waals surface area (Å²) in [6.45, 7) is 6.32. The summed E-state index contributed by atoms with van der Waals surface area (Å²) in [6, 6.07) is 4.13. The van der Waals surface area contributed by atoms with E-state index >= 15 is 0 Å². The van der Waals surface area contributed by atoms with E-state index < -0.39 is 0 Å². The van der Waals surface area contributed by atoms with Gasteiger partial charge in [-0.1, -0.05) is 6.07 Å². The lowest BCUT2D eigenvalue weighted by Crippen LogP contribution is -2.16. The smallest absolute Gasteiger partial charge is 0.122 e. The molecule has 96 valence electrons. The van der Waals surface area contributed by atoms with Crippen LogP contribution in [0.5, 0.6) is 5.75 Å². The third kappa shape index (κ3) is 4.02. The van der Waals surface area contributed by atoms with Gasteiger partial charge in [0.1, 0.15) is 5.75 Å². The number of nitrogens with one attached hydrogen (secondary N) is 1. The highest BCUT2D eigenvalue weighted by atomic mass is 16.5. The van der Waals surface area contributed by atoms with Gasteiger partial charge in [0, 0.05) is 13.2 Å². The van der Waals surface area contributed by atoms with Crippen molar-refractivity contribution in [3.05, 3.63) is 28.8 Å². The molecule has 0 saturated carbocycles. The van der Waals surface area contributed by atoms with Crippen molar-refractivity contribution < 1.29 is 9.84 Å². The lowest BCUT2D eigenvalue weighted by molar-refractivity contribution is 0.283. The molecule has 0 spiro atoms. The summed E-state index contributed by atoms with van der Waals surface area (Å²) in [7, 11) is 1.70. The molecule has 1 aromatic rings. The van der Waals surface area contributed by atoms with Gasteiger partial charge in [0.25, 0.3) is 0 Å². The van der Waals surface area contributed by atoms with Crippen molar-refractivity contribution in [2.45, 2.75) is 33.2 Å². The van der Waals surface area contributed by atoms with Crippen LogP contribution in [0.4, 0.5) is 0 Å². The maximum absolute atomic E-state index is 8.68. The van der Waals surface area contributed by atoms with Gasteiger partial charge in [-0.05, 0) is 56.0 Å². The van der Waals surface area contributed by atoms with Crippen LogP contribution in [-0.4, -0.2) is 25.4 Å². The number of aliphatic hydroxyl groups is 1. The molecule has 3 nitrogen and oxygen atoms in total. The quantitative estimate of drug-likeness (QED) is 0.714. The van der Waals surface area contributed by atoms with Crippen molar-refractivity contribution in [2.24, 2.45) is 0 Å². The van der Waals surface area contributed by atoms with Crippen LogP contribution in [-0.2, 0) is 6.54 Å². The maximum Gasteiger partial charge on any atom is 0.122 e. The van der Waals surface area contributed by atoms with Crippen molar-refractivity contribution >= 4 is 0 Å². The third-order valence-corrected chi connectivity index (χ3v) is 3.15. The van der Waals surface area contributed by atoms with Crippen LogP contribution in [0.2, 0.25) is 0 Å². The summed E-state index contributed by atoms with van der Waals surface area (Å²) >= 11 is 0. The van der Waals surface area contributed by atoms with E-state index in [1.54, 1.807) is 7.11 Å². The monoisotopic (exact) mass is 237 g/mol. The molecule has 0 saturated heterocycles. The highest BCUT2D eigenvalue weighted by molar-refractivity contribution is 5.43. The molecule has 0 atom stereocenters. The van der Waals surface area contributed by atoms with E-state index in [0.717, 1.165) is 31.7 Å². The summed E-state index contributed by atoms with van der Waals surface area (Å²) in [5.74, 6) is 0.950. The largest absolute Gasteiger partial charge is 0.496 e. The number of aliphatic hydroxyl groups excluding tert-OH is 1. The number of rotatable bonds is 7. The number of hydrogen-bond acceptors (Lipinski definition) is 3. The second kappa shape index (κ2) is 7.30. The molecule has 0 heterocycles. The molecule has 0 aliphatic heterocycles. The third-order valence-electron chi connectivity index (χ3n) is 3.15. The SMILES string of the molecule is COc1ccc(CNCCCCO)c(C)c1C. The van der Waals surface area contributed by atoms with Crippen molar-refractivity contribution in [3.8, 4) is 5.75 Å². The minimum atomic E-state index is 0.280. The number of ether oxygens (including phenoxy) is 1. The molecular formula is C14H23NO2. The lowest BCUT2D eigenvalue weighted by Gasteiger charge is -2.13. The first-order valence-corrected chi connectivity index (χ1v) is 6.15. The van der Waals surface area contributed by atoms with E-state index in [1.807, 2.05) is 6.07 Å². The Morgan fingerprint density at radius 3 is 2.59 bits per heavy atom. The zero-order chi connectivity index (χ0) is 12.7. The Bertz CT molecular complexity index is 350. The fourth-order valence-electron chi connectivity index (χ4n) is 1.85. The van der Waals surface area contributed by atoms with Crippen LogP contribution < -0.4 is 10.1 Å². The minimum Gasteiger partial charge on any atom is -0.496 e. The van der Waals surface area contributed by atoms with E-state index in [2.05, 4.69) is 25.2 Å². The molecule has 0 bridgehead atoms. The Balaban J connectivity index is 2.51. The van der Waals surface area contributed by atoms with E-state index in [0.29, 0.717) is 0 Å². The average molecular weight is 237 g/mol. The summed E-state index contributed by atoms with van der Waals surface area (Å²) < 4.78 is 5.29. The van der Waals surface area contributed by atoms with E-state index in [1.165, 1.54) is 16.7 Å². The molecule has 2 N–H and O–H groups in total.